The van der Waals surface area contributed by atoms with Gasteiger partial charge in [-0.3, -0.25) is 4.98 Å². The van der Waals surface area contributed by atoms with E-state index in [-0.39, 0.29) is 11.9 Å². The Bertz CT molecular complexity index is 597. The molecule has 3 rings (SSSR count). The van der Waals surface area contributed by atoms with E-state index in [4.69, 9.17) is 5.73 Å². The number of fused-ring (bicyclic) bond motifs is 1. The zero-order valence-electron chi connectivity index (χ0n) is 11.4. The summed E-state index contributed by atoms with van der Waals surface area (Å²) in [5.41, 5.74) is 9.88. The van der Waals surface area contributed by atoms with Crippen molar-refractivity contribution >= 4 is 0 Å². The topological polar surface area (TPSA) is 38.9 Å². The van der Waals surface area contributed by atoms with Crippen molar-refractivity contribution in [1.29, 1.82) is 0 Å². The Morgan fingerprint density at radius 3 is 3.00 bits per heavy atom. The third kappa shape index (κ3) is 2.73. The highest BCUT2D eigenvalue weighted by Crippen LogP contribution is 2.36. The van der Waals surface area contributed by atoms with Crippen LogP contribution in [0.1, 0.15) is 47.9 Å². The van der Waals surface area contributed by atoms with Gasteiger partial charge in [0.2, 0.25) is 0 Å². The maximum absolute atomic E-state index is 13.2. The van der Waals surface area contributed by atoms with Crippen molar-refractivity contribution in [1.82, 2.24) is 4.98 Å². The molecule has 1 aliphatic carbocycles. The number of hydrogen-bond acceptors (Lipinski definition) is 2. The van der Waals surface area contributed by atoms with Gasteiger partial charge in [0.25, 0.3) is 0 Å². The Hall–Kier alpha value is -1.74. The molecule has 1 heterocycles. The standard InChI is InChI=1S/C17H19FN2/c18-15-8-14(10-20-11-15)17(19)9-13-6-3-5-12-4-1-2-7-16(12)13/h1-2,4,7-8,10-11,13,17H,3,5-6,9,19H2. The second-order valence-electron chi connectivity index (χ2n) is 5.57. The SMILES string of the molecule is NC(CC1CCCc2ccccc21)c1cncc(F)c1. The number of aromatic nitrogens is 1. The molecule has 20 heavy (non-hydrogen) atoms. The van der Waals surface area contributed by atoms with Gasteiger partial charge >= 0.3 is 0 Å². The van der Waals surface area contributed by atoms with E-state index >= 15 is 0 Å². The number of nitrogens with zero attached hydrogens (tertiary/aromatic N) is 1. The van der Waals surface area contributed by atoms with Crippen LogP contribution in [0.5, 0.6) is 0 Å². The van der Waals surface area contributed by atoms with Gasteiger partial charge < -0.3 is 5.73 Å². The molecule has 1 aromatic heterocycles. The normalized spacial score (nSPS) is 19.4. The minimum Gasteiger partial charge on any atom is -0.324 e. The minimum atomic E-state index is -0.318. The molecule has 0 bridgehead atoms. The monoisotopic (exact) mass is 270 g/mol. The molecule has 2 N–H and O–H groups in total. The van der Waals surface area contributed by atoms with Crippen LogP contribution >= 0.6 is 0 Å². The van der Waals surface area contributed by atoms with E-state index in [0.717, 1.165) is 24.8 Å². The fourth-order valence-corrected chi connectivity index (χ4v) is 3.17. The first-order valence-electron chi connectivity index (χ1n) is 7.18. The summed E-state index contributed by atoms with van der Waals surface area (Å²) >= 11 is 0. The molecule has 0 amide bonds. The summed E-state index contributed by atoms with van der Waals surface area (Å²) in [6.07, 6.45) is 7.25. The first-order valence-corrected chi connectivity index (χ1v) is 7.18. The van der Waals surface area contributed by atoms with Gasteiger partial charge in [-0.05, 0) is 54.4 Å². The Morgan fingerprint density at radius 2 is 2.15 bits per heavy atom. The van der Waals surface area contributed by atoms with Crippen molar-refractivity contribution in [3.05, 3.63) is 65.2 Å². The maximum atomic E-state index is 13.2. The number of aryl methyl sites for hydroxylation is 1. The third-order valence-electron chi connectivity index (χ3n) is 4.19. The Labute approximate surface area is 118 Å². The van der Waals surface area contributed by atoms with Gasteiger partial charge in [0.1, 0.15) is 5.82 Å². The molecule has 0 spiro atoms. The molecule has 104 valence electrons. The van der Waals surface area contributed by atoms with Crippen LogP contribution in [0.3, 0.4) is 0 Å². The second kappa shape index (κ2) is 5.71. The molecule has 0 saturated carbocycles. The fraction of sp³-hybridized carbons (Fsp3) is 0.353. The van der Waals surface area contributed by atoms with Crippen LogP contribution in [0.2, 0.25) is 0 Å². The summed E-state index contributed by atoms with van der Waals surface area (Å²) in [5.74, 6) is 0.153. The quantitative estimate of drug-likeness (QED) is 0.923. The average Bonchev–Trinajstić information content (AvgIpc) is 2.47. The highest BCUT2D eigenvalue weighted by atomic mass is 19.1. The number of pyridine rings is 1. The molecule has 1 aliphatic rings. The first-order chi connectivity index (χ1) is 9.74. The number of benzene rings is 1. The molecular weight excluding hydrogens is 251 g/mol. The van der Waals surface area contributed by atoms with Crippen LogP contribution in [0.15, 0.2) is 42.7 Å². The smallest absolute Gasteiger partial charge is 0.141 e. The molecule has 1 aromatic carbocycles. The van der Waals surface area contributed by atoms with E-state index < -0.39 is 0 Å². The lowest BCUT2D eigenvalue weighted by molar-refractivity contribution is 0.474. The van der Waals surface area contributed by atoms with Crippen molar-refractivity contribution in [2.45, 2.75) is 37.6 Å². The van der Waals surface area contributed by atoms with Crippen LogP contribution in [0, 0.1) is 5.82 Å². The summed E-state index contributed by atoms with van der Waals surface area (Å²) in [7, 11) is 0. The molecule has 2 nitrogen and oxygen atoms in total. The zero-order chi connectivity index (χ0) is 13.9. The van der Waals surface area contributed by atoms with Crippen LogP contribution in [-0.4, -0.2) is 4.98 Å². The molecule has 0 saturated heterocycles. The van der Waals surface area contributed by atoms with E-state index in [1.165, 1.54) is 29.8 Å². The van der Waals surface area contributed by atoms with Crippen LogP contribution in [0.4, 0.5) is 4.39 Å². The molecular formula is C17H19FN2. The lowest BCUT2D eigenvalue weighted by Crippen LogP contribution is -2.18. The van der Waals surface area contributed by atoms with Crippen molar-refractivity contribution in [3.8, 4) is 0 Å². The van der Waals surface area contributed by atoms with E-state index in [9.17, 15) is 4.39 Å². The third-order valence-corrected chi connectivity index (χ3v) is 4.19. The maximum Gasteiger partial charge on any atom is 0.141 e. The van der Waals surface area contributed by atoms with Gasteiger partial charge in [0.15, 0.2) is 0 Å². The average molecular weight is 270 g/mol. The van der Waals surface area contributed by atoms with Crippen molar-refractivity contribution < 1.29 is 4.39 Å². The number of halogens is 1. The highest BCUT2D eigenvalue weighted by Gasteiger charge is 2.22. The van der Waals surface area contributed by atoms with Crippen molar-refractivity contribution in [3.63, 3.8) is 0 Å². The van der Waals surface area contributed by atoms with Crippen LogP contribution < -0.4 is 5.73 Å². The van der Waals surface area contributed by atoms with Gasteiger partial charge in [-0.2, -0.15) is 0 Å². The summed E-state index contributed by atoms with van der Waals surface area (Å²) in [6, 6.07) is 9.93. The van der Waals surface area contributed by atoms with Crippen molar-refractivity contribution in [2.24, 2.45) is 5.73 Å². The van der Waals surface area contributed by atoms with Crippen molar-refractivity contribution in [2.75, 3.05) is 0 Å². The Kier molecular flexibility index (Phi) is 3.79. The lowest BCUT2D eigenvalue weighted by Gasteiger charge is -2.27. The number of rotatable bonds is 3. The van der Waals surface area contributed by atoms with E-state index in [1.54, 1.807) is 6.20 Å². The summed E-state index contributed by atoms with van der Waals surface area (Å²) in [6.45, 7) is 0. The Balaban J connectivity index is 1.79. The van der Waals surface area contributed by atoms with Gasteiger partial charge in [0, 0.05) is 12.2 Å². The van der Waals surface area contributed by atoms with E-state index in [0.29, 0.717) is 5.92 Å². The largest absolute Gasteiger partial charge is 0.324 e. The van der Waals surface area contributed by atoms with E-state index in [1.807, 2.05) is 0 Å². The predicted octanol–water partition coefficient (Wildman–Crippen LogP) is 3.73. The van der Waals surface area contributed by atoms with E-state index in [2.05, 4.69) is 29.2 Å². The molecule has 2 unspecified atom stereocenters. The molecule has 0 aliphatic heterocycles. The molecule has 2 atom stereocenters. The second-order valence-corrected chi connectivity index (χ2v) is 5.57. The summed E-state index contributed by atoms with van der Waals surface area (Å²) in [4.78, 5) is 3.89. The zero-order valence-corrected chi connectivity index (χ0v) is 11.4. The first kappa shape index (κ1) is 13.3. The van der Waals surface area contributed by atoms with Gasteiger partial charge in [-0.1, -0.05) is 24.3 Å². The van der Waals surface area contributed by atoms with Crippen LogP contribution in [-0.2, 0) is 6.42 Å². The summed E-state index contributed by atoms with van der Waals surface area (Å²) < 4.78 is 13.2. The lowest BCUT2D eigenvalue weighted by atomic mass is 9.79. The van der Waals surface area contributed by atoms with Gasteiger partial charge in [-0.25, -0.2) is 4.39 Å². The van der Waals surface area contributed by atoms with Gasteiger partial charge in [-0.15, -0.1) is 0 Å². The summed E-state index contributed by atoms with van der Waals surface area (Å²) in [5, 5.41) is 0. The molecule has 2 aromatic rings. The number of hydrogen-bond donors (Lipinski definition) is 1. The predicted molar refractivity (Wildman–Crippen MR) is 77.9 cm³/mol. The molecule has 0 fully saturated rings. The fourth-order valence-electron chi connectivity index (χ4n) is 3.17. The van der Waals surface area contributed by atoms with Crippen LogP contribution in [0.25, 0.3) is 0 Å². The Morgan fingerprint density at radius 1 is 1.30 bits per heavy atom. The van der Waals surface area contributed by atoms with Gasteiger partial charge in [0.05, 0.1) is 6.20 Å². The molecule has 3 heteroatoms. The number of nitrogens with two attached hydrogens (primary N) is 1. The highest BCUT2D eigenvalue weighted by molar-refractivity contribution is 5.33. The molecule has 0 radical (unpaired) electrons. The minimum absolute atomic E-state index is 0.158.